The number of rotatable bonds is 3. The van der Waals surface area contributed by atoms with E-state index in [-0.39, 0.29) is 5.41 Å². The van der Waals surface area contributed by atoms with Crippen molar-refractivity contribution in [2.45, 2.75) is 32.1 Å². The van der Waals surface area contributed by atoms with E-state index in [0.29, 0.717) is 18.1 Å². The molecule has 0 aromatic carbocycles. The van der Waals surface area contributed by atoms with Crippen molar-refractivity contribution in [1.29, 1.82) is 0 Å². The van der Waals surface area contributed by atoms with Gasteiger partial charge >= 0.3 is 0 Å². The molecule has 0 unspecified atom stereocenters. The molecule has 0 amide bonds. The molecule has 2 heterocycles. The lowest BCUT2D eigenvalue weighted by molar-refractivity contribution is -0.128. The molecule has 1 saturated heterocycles. The summed E-state index contributed by atoms with van der Waals surface area (Å²) < 4.78 is 0. The van der Waals surface area contributed by atoms with Gasteiger partial charge in [0.15, 0.2) is 0 Å². The zero-order chi connectivity index (χ0) is 13.2. The smallest absolute Gasteiger partial charge is 0.143 e. The summed E-state index contributed by atoms with van der Waals surface area (Å²) in [5.41, 5.74) is 0.771. The van der Waals surface area contributed by atoms with Crippen molar-refractivity contribution in [3.8, 4) is 0 Å². The second kappa shape index (κ2) is 5.19. The number of piperidine rings is 1. The third kappa shape index (κ3) is 2.07. The van der Waals surface area contributed by atoms with E-state index in [1.165, 1.54) is 0 Å². The van der Waals surface area contributed by atoms with Crippen molar-refractivity contribution in [3.63, 3.8) is 0 Å². The minimum atomic E-state index is -0.324. The van der Waals surface area contributed by atoms with Gasteiger partial charge in [-0.2, -0.15) is 0 Å². The van der Waals surface area contributed by atoms with Crippen molar-refractivity contribution < 1.29 is 4.79 Å². The molecule has 0 aliphatic carbocycles. The molecule has 0 N–H and O–H groups in total. The monoisotopic (exact) mass is 246 g/mol. The van der Waals surface area contributed by atoms with Crippen LogP contribution in [0.5, 0.6) is 0 Å². The molecule has 0 saturated carbocycles. The molecular formula is C15H22N2O. The van der Waals surface area contributed by atoms with Gasteiger partial charge in [0.1, 0.15) is 5.78 Å². The van der Waals surface area contributed by atoms with Gasteiger partial charge in [-0.15, -0.1) is 0 Å². The molecule has 18 heavy (non-hydrogen) atoms. The Morgan fingerprint density at radius 1 is 1.61 bits per heavy atom. The van der Waals surface area contributed by atoms with E-state index in [1.54, 1.807) is 6.20 Å². The molecule has 98 valence electrons. The van der Waals surface area contributed by atoms with Crippen molar-refractivity contribution in [2.75, 3.05) is 20.1 Å². The van der Waals surface area contributed by atoms with Gasteiger partial charge in [-0.05, 0) is 37.6 Å². The molecule has 2 rings (SSSR count). The summed E-state index contributed by atoms with van der Waals surface area (Å²) in [6.45, 7) is 6.10. The Morgan fingerprint density at radius 3 is 2.94 bits per heavy atom. The van der Waals surface area contributed by atoms with Crippen LogP contribution in [0.1, 0.15) is 32.3 Å². The van der Waals surface area contributed by atoms with Crippen LogP contribution in [0.4, 0.5) is 0 Å². The van der Waals surface area contributed by atoms with Gasteiger partial charge in [0.05, 0.1) is 5.41 Å². The first-order chi connectivity index (χ1) is 8.61. The molecular weight excluding hydrogens is 224 g/mol. The fourth-order valence-corrected chi connectivity index (χ4v) is 3.27. The average Bonchev–Trinajstić information content (AvgIpc) is 2.39. The molecule has 0 bridgehead atoms. The predicted octanol–water partition coefficient (Wildman–Crippen LogP) is 2.27. The molecule has 0 radical (unpaired) electrons. The predicted molar refractivity (Wildman–Crippen MR) is 72.5 cm³/mol. The molecule has 3 heteroatoms. The first kappa shape index (κ1) is 13.2. The van der Waals surface area contributed by atoms with Crippen LogP contribution in [0.2, 0.25) is 0 Å². The molecule has 0 spiro atoms. The Balaban J connectivity index is 2.45. The summed E-state index contributed by atoms with van der Waals surface area (Å²) in [4.78, 5) is 19.1. The second-order valence-electron chi connectivity index (χ2n) is 5.40. The van der Waals surface area contributed by atoms with E-state index >= 15 is 0 Å². The minimum absolute atomic E-state index is 0.324. The van der Waals surface area contributed by atoms with Gasteiger partial charge in [0, 0.05) is 25.4 Å². The molecule has 1 aliphatic heterocycles. The first-order valence-corrected chi connectivity index (χ1v) is 6.73. The average molecular weight is 246 g/mol. The van der Waals surface area contributed by atoms with Crippen molar-refractivity contribution in [2.24, 2.45) is 5.92 Å². The number of likely N-dealkylation sites (tertiary alicyclic amines) is 1. The van der Waals surface area contributed by atoms with E-state index in [1.807, 2.05) is 19.2 Å². The standard InChI is InChI=1S/C15H22N2O/c1-4-14(18)15(13-6-5-8-16-10-13)7-9-17(3)11-12(15)2/h5-6,8,10,12H,4,7,9,11H2,1-3H3/t12-,15+/m0/s1. The fraction of sp³-hybridized carbons (Fsp3) is 0.600. The number of carbonyl (C=O) groups excluding carboxylic acids is 1. The minimum Gasteiger partial charge on any atom is -0.306 e. The zero-order valence-electron chi connectivity index (χ0n) is 11.5. The Bertz CT molecular complexity index is 418. The topological polar surface area (TPSA) is 33.2 Å². The van der Waals surface area contributed by atoms with Gasteiger partial charge in [-0.3, -0.25) is 9.78 Å². The van der Waals surface area contributed by atoms with E-state index < -0.39 is 0 Å². The number of hydrogen-bond acceptors (Lipinski definition) is 3. The van der Waals surface area contributed by atoms with Gasteiger partial charge in [0.25, 0.3) is 0 Å². The van der Waals surface area contributed by atoms with Gasteiger partial charge in [-0.1, -0.05) is 19.9 Å². The van der Waals surface area contributed by atoms with Crippen LogP contribution in [0.15, 0.2) is 24.5 Å². The van der Waals surface area contributed by atoms with E-state index in [2.05, 4.69) is 29.9 Å². The highest BCUT2D eigenvalue weighted by molar-refractivity contribution is 5.90. The van der Waals surface area contributed by atoms with Crippen LogP contribution in [0, 0.1) is 5.92 Å². The van der Waals surface area contributed by atoms with Crippen LogP contribution >= 0.6 is 0 Å². The van der Waals surface area contributed by atoms with Gasteiger partial charge in [-0.25, -0.2) is 0 Å². The summed E-state index contributed by atoms with van der Waals surface area (Å²) in [5, 5.41) is 0. The van der Waals surface area contributed by atoms with Crippen molar-refractivity contribution in [1.82, 2.24) is 9.88 Å². The quantitative estimate of drug-likeness (QED) is 0.820. The maximum atomic E-state index is 12.6. The van der Waals surface area contributed by atoms with Crippen LogP contribution < -0.4 is 0 Å². The highest BCUT2D eigenvalue weighted by Crippen LogP contribution is 2.40. The van der Waals surface area contributed by atoms with Crippen LogP contribution in [0.3, 0.4) is 0 Å². The highest BCUT2D eigenvalue weighted by atomic mass is 16.1. The molecule has 1 fully saturated rings. The summed E-state index contributed by atoms with van der Waals surface area (Å²) in [6, 6.07) is 3.99. The number of ketones is 1. The zero-order valence-corrected chi connectivity index (χ0v) is 11.5. The summed E-state index contributed by atoms with van der Waals surface area (Å²) in [7, 11) is 2.13. The molecule has 3 nitrogen and oxygen atoms in total. The van der Waals surface area contributed by atoms with Crippen LogP contribution in [-0.2, 0) is 10.2 Å². The number of nitrogens with zero attached hydrogens (tertiary/aromatic N) is 2. The summed E-state index contributed by atoms with van der Waals surface area (Å²) in [6.07, 6.45) is 5.15. The van der Waals surface area contributed by atoms with Crippen molar-refractivity contribution >= 4 is 5.78 Å². The maximum Gasteiger partial charge on any atom is 0.143 e. The summed E-state index contributed by atoms with van der Waals surface area (Å²) in [5.74, 6) is 0.698. The summed E-state index contributed by atoms with van der Waals surface area (Å²) >= 11 is 0. The SMILES string of the molecule is CCC(=O)[C@]1(c2cccnc2)CCN(C)C[C@@H]1C. The molecule has 1 aromatic heterocycles. The highest BCUT2D eigenvalue weighted by Gasteiger charge is 2.46. The Hall–Kier alpha value is -1.22. The van der Waals surface area contributed by atoms with Gasteiger partial charge in [0.2, 0.25) is 0 Å². The lowest BCUT2D eigenvalue weighted by atomic mass is 9.64. The lowest BCUT2D eigenvalue weighted by Crippen LogP contribution is -2.52. The number of pyridine rings is 1. The number of hydrogen-bond donors (Lipinski definition) is 0. The largest absolute Gasteiger partial charge is 0.306 e. The van der Waals surface area contributed by atoms with E-state index in [9.17, 15) is 4.79 Å². The lowest BCUT2D eigenvalue weighted by Gasteiger charge is -2.44. The number of aromatic nitrogens is 1. The first-order valence-electron chi connectivity index (χ1n) is 6.73. The van der Waals surface area contributed by atoms with Crippen LogP contribution in [0.25, 0.3) is 0 Å². The normalized spacial score (nSPS) is 29.2. The number of carbonyl (C=O) groups is 1. The Labute approximate surface area is 109 Å². The van der Waals surface area contributed by atoms with Gasteiger partial charge < -0.3 is 4.90 Å². The number of Topliss-reactive ketones (excluding diaryl/α,β-unsaturated/α-hetero) is 1. The molecule has 1 aliphatic rings. The van der Waals surface area contributed by atoms with Crippen molar-refractivity contribution in [3.05, 3.63) is 30.1 Å². The third-order valence-corrected chi connectivity index (χ3v) is 4.31. The van der Waals surface area contributed by atoms with E-state index in [4.69, 9.17) is 0 Å². The van der Waals surface area contributed by atoms with E-state index in [0.717, 1.165) is 25.1 Å². The maximum absolute atomic E-state index is 12.6. The van der Waals surface area contributed by atoms with Crippen LogP contribution in [-0.4, -0.2) is 35.8 Å². The molecule has 2 atom stereocenters. The fourth-order valence-electron chi connectivity index (χ4n) is 3.27. The second-order valence-corrected chi connectivity index (χ2v) is 5.40. The Kier molecular flexibility index (Phi) is 3.81. The third-order valence-electron chi connectivity index (χ3n) is 4.31. The molecule has 1 aromatic rings. The Morgan fingerprint density at radius 2 is 2.39 bits per heavy atom.